The Bertz CT molecular complexity index is 1600. The molecule has 0 radical (unpaired) electrons. The zero-order valence-electron chi connectivity index (χ0n) is 19.4. The zero-order valence-corrected chi connectivity index (χ0v) is 20.2. The molecule has 5 rings (SSSR count). The smallest absolute Gasteiger partial charge is 0.239 e. The predicted molar refractivity (Wildman–Crippen MR) is 139 cm³/mol. The standard InChI is InChI=1S/C28H27N3O3S/c1-19-10-12-22(13-11-19)35(33,34)27(16-21-18-31-26-9-5-3-7-24(21)26)28(32)29-15-14-20-17-30-25-8-4-2-6-23(20)25/h2-13,17-18,27,30-31H,14-16H2,1H3,(H,29,32)/t27-/m0/s1. The van der Waals surface area contributed by atoms with Crippen molar-refractivity contribution in [1.82, 2.24) is 15.3 Å². The van der Waals surface area contributed by atoms with E-state index in [0.717, 1.165) is 38.5 Å². The summed E-state index contributed by atoms with van der Waals surface area (Å²) in [6, 6.07) is 22.3. The number of hydrogen-bond donors (Lipinski definition) is 3. The molecule has 5 aromatic rings. The van der Waals surface area contributed by atoms with Crippen LogP contribution in [0.25, 0.3) is 21.8 Å². The molecule has 0 saturated heterocycles. The van der Waals surface area contributed by atoms with Crippen molar-refractivity contribution in [2.45, 2.75) is 29.9 Å². The second-order valence-electron chi connectivity index (χ2n) is 8.81. The summed E-state index contributed by atoms with van der Waals surface area (Å²) in [5.74, 6) is -0.490. The molecule has 0 fully saturated rings. The van der Waals surface area contributed by atoms with Gasteiger partial charge in [-0.05, 0) is 48.7 Å². The number of aromatic amines is 2. The molecule has 0 aliphatic carbocycles. The van der Waals surface area contributed by atoms with Gasteiger partial charge < -0.3 is 15.3 Å². The fourth-order valence-electron chi connectivity index (χ4n) is 4.51. The highest BCUT2D eigenvalue weighted by molar-refractivity contribution is 7.92. The third kappa shape index (κ3) is 4.59. The molecule has 2 heterocycles. The first-order valence-electron chi connectivity index (χ1n) is 11.6. The van der Waals surface area contributed by atoms with E-state index in [2.05, 4.69) is 15.3 Å². The minimum Gasteiger partial charge on any atom is -0.361 e. The lowest BCUT2D eigenvalue weighted by molar-refractivity contribution is -0.120. The first-order valence-corrected chi connectivity index (χ1v) is 13.2. The Labute approximate surface area is 204 Å². The maximum atomic E-state index is 13.6. The van der Waals surface area contributed by atoms with Crippen LogP contribution in [0.4, 0.5) is 0 Å². The number of carbonyl (C=O) groups is 1. The summed E-state index contributed by atoms with van der Waals surface area (Å²) in [4.78, 5) is 19.9. The SMILES string of the molecule is Cc1ccc(S(=O)(=O)[C@@H](Cc2c[nH]c3ccccc23)C(=O)NCCc2c[nH]c3ccccc23)cc1. The lowest BCUT2D eigenvalue weighted by Crippen LogP contribution is -2.42. The number of amides is 1. The maximum Gasteiger partial charge on any atom is 0.239 e. The van der Waals surface area contributed by atoms with Gasteiger partial charge in [-0.25, -0.2) is 8.42 Å². The van der Waals surface area contributed by atoms with E-state index in [4.69, 9.17) is 0 Å². The van der Waals surface area contributed by atoms with Crippen LogP contribution in [-0.2, 0) is 27.5 Å². The normalized spacial score (nSPS) is 12.7. The van der Waals surface area contributed by atoms with Gasteiger partial charge in [0, 0.05) is 47.2 Å². The highest BCUT2D eigenvalue weighted by Crippen LogP contribution is 2.25. The van der Waals surface area contributed by atoms with Gasteiger partial charge in [0.25, 0.3) is 0 Å². The van der Waals surface area contributed by atoms with Gasteiger partial charge in [-0.3, -0.25) is 4.79 Å². The molecule has 0 unspecified atom stereocenters. The van der Waals surface area contributed by atoms with Crippen molar-refractivity contribution >= 4 is 37.6 Å². The van der Waals surface area contributed by atoms with Crippen LogP contribution in [0.5, 0.6) is 0 Å². The highest BCUT2D eigenvalue weighted by Gasteiger charge is 2.34. The average Bonchev–Trinajstić information content (AvgIpc) is 3.47. The Hall–Kier alpha value is -3.84. The molecule has 3 N–H and O–H groups in total. The third-order valence-electron chi connectivity index (χ3n) is 6.47. The number of fused-ring (bicyclic) bond motifs is 2. The van der Waals surface area contributed by atoms with E-state index >= 15 is 0 Å². The number of nitrogens with one attached hydrogen (secondary N) is 3. The van der Waals surface area contributed by atoms with Crippen molar-refractivity contribution in [2.75, 3.05) is 6.54 Å². The Balaban J connectivity index is 1.40. The molecular formula is C28H27N3O3S. The number of aryl methyl sites for hydroxylation is 1. The first-order chi connectivity index (χ1) is 16.9. The number of para-hydroxylation sites is 2. The Kier molecular flexibility index (Phi) is 6.17. The topological polar surface area (TPSA) is 94.8 Å². The molecular weight excluding hydrogens is 458 g/mol. The Morgan fingerprint density at radius 1 is 0.829 bits per heavy atom. The molecule has 7 heteroatoms. The van der Waals surface area contributed by atoms with Crippen molar-refractivity contribution in [1.29, 1.82) is 0 Å². The molecule has 2 aromatic heterocycles. The van der Waals surface area contributed by atoms with Crippen LogP contribution in [0.15, 0.2) is 90.1 Å². The molecule has 0 saturated carbocycles. The summed E-state index contributed by atoms with van der Waals surface area (Å²) in [5, 5.41) is 3.67. The molecule has 0 aliphatic rings. The Morgan fingerprint density at radius 3 is 2.06 bits per heavy atom. The van der Waals surface area contributed by atoms with Gasteiger partial charge in [-0.2, -0.15) is 0 Å². The summed E-state index contributed by atoms with van der Waals surface area (Å²) >= 11 is 0. The third-order valence-corrected chi connectivity index (χ3v) is 8.52. The van der Waals surface area contributed by atoms with Gasteiger partial charge in [-0.15, -0.1) is 0 Å². The number of aromatic nitrogens is 2. The number of benzene rings is 3. The number of rotatable bonds is 8. The van der Waals surface area contributed by atoms with Gasteiger partial charge in [0.2, 0.25) is 5.91 Å². The predicted octanol–water partition coefficient (Wildman–Crippen LogP) is 4.70. The largest absolute Gasteiger partial charge is 0.361 e. The van der Waals surface area contributed by atoms with Gasteiger partial charge in [-0.1, -0.05) is 54.1 Å². The Morgan fingerprint density at radius 2 is 1.40 bits per heavy atom. The van der Waals surface area contributed by atoms with Crippen LogP contribution in [-0.4, -0.2) is 36.1 Å². The molecule has 1 atom stereocenters. The summed E-state index contributed by atoms with van der Waals surface area (Å²) in [6.45, 7) is 2.24. The molecule has 0 aliphatic heterocycles. The summed E-state index contributed by atoms with van der Waals surface area (Å²) in [5.41, 5.74) is 4.78. The van der Waals surface area contributed by atoms with Crippen molar-refractivity contribution in [3.8, 4) is 0 Å². The lowest BCUT2D eigenvalue weighted by Gasteiger charge is -2.18. The van der Waals surface area contributed by atoms with Crippen LogP contribution in [0.1, 0.15) is 16.7 Å². The van der Waals surface area contributed by atoms with E-state index in [9.17, 15) is 13.2 Å². The highest BCUT2D eigenvalue weighted by atomic mass is 32.2. The lowest BCUT2D eigenvalue weighted by atomic mass is 10.1. The van der Waals surface area contributed by atoms with Crippen molar-refractivity contribution in [3.63, 3.8) is 0 Å². The van der Waals surface area contributed by atoms with Gasteiger partial charge in [0.1, 0.15) is 5.25 Å². The van der Waals surface area contributed by atoms with Crippen LogP contribution in [0.2, 0.25) is 0 Å². The molecule has 1 amide bonds. The summed E-state index contributed by atoms with van der Waals surface area (Å²) in [6.07, 6.45) is 4.41. The second kappa shape index (κ2) is 9.43. The van der Waals surface area contributed by atoms with Crippen molar-refractivity contribution < 1.29 is 13.2 Å². The van der Waals surface area contributed by atoms with Crippen LogP contribution < -0.4 is 5.32 Å². The summed E-state index contributed by atoms with van der Waals surface area (Å²) < 4.78 is 27.3. The maximum absolute atomic E-state index is 13.6. The molecule has 35 heavy (non-hydrogen) atoms. The van der Waals surface area contributed by atoms with Crippen LogP contribution in [0.3, 0.4) is 0 Å². The van der Waals surface area contributed by atoms with Crippen LogP contribution in [0, 0.1) is 6.92 Å². The number of H-pyrrole nitrogens is 2. The number of sulfone groups is 1. The van der Waals surface area contributed by atoms with E-state index in [-0.39, 0.29) is 11.3 Å². The van der Waals surface area contributed by atoms with Gasteiger partial charge in [0.05, 0.1) is 4.90 Å². The number of hydrogen-bond acceptors (Lipinski definition) is 3. The monoisotopic (exact) mass is 485 g/mol. The quantitative estimate of drug-likeness (QED) is 0.297. The fraction of sp³-hybridized carbons (Fsp3) is 0.179. The number of carbonyl (C=O) groups excluding carboxylic acids is 1. The minimum atomic E-state index is -3.91. The van der Waals surface area contributed by atoms with E-state index in [1.807, 2.05) is 61.7 Å². The van der Waals surface area contributed by atoms with Crippen LogP contribution >= 0.6 is 0 Å². The molecule has 0 bridgehead atoms. The van der Waals surface area contributed by atoms with E-state index in [0.29, 0.717) is 13.0 Å². The first kappa shape index (κ1) is 22.9. The van der Waals surface area contributed by atoms with E-state index in [1.54, 1.807) is 30.5 Å². The van der Waals surface area contributed by atoms with Gasteiger partial charge in [0.15, 0.2) is 9.84 Å². The van der Waals surface area contributed by atoms with E-state index in [1.165, 1.54) is 0 Å². The summed E-state index contributed by atoms with van der Waals surface area (Å²) in [7, 11) is -3.91. The second-order valence-corrected chi connectivity index (χ2v) is 10.9. The minimum absolute atomic E-state index is 0.0825. The molecule has 0 spiro atoms. The fourth-order valence-corrected chi connectivity index (χ4v) is 6.12. The molecule has 3 aromatic carbocycles. The van der Waals surface area contributed by atoms with Crippen molar-refractivity contribution in [2.24, 2.45) is 0 Å². The zero-order chi connectivity index (χ0) is 24.4. The van der Waals surface area contributed by atoms with Crippen molar-refractivity contribution in [3.05, 3.63) is 102 Å². The van der Waals surface area contributed by atoms with E-state index < -0.39 is 21.0 Å². The van der Waals surface area contributed by atoms with Gasteiger partial charge >= 0.3 is 0 Å². The molecule has 6 nitrogen and oxygen atoms in total. The molecule has 178 valence electrons. The average molecular weight is 486 g/mol.